The number of carbonyl (C=O) groups is 2. The third kappa shape index (κ3) is 5.35. The van der Waals surface area contributed by atoms with Gasteiger partial charge < -0.3 is 24.8 Å². The molecule has 0 aromatic rings. The molecule has 0 aromatic heterocycles. The van der Waals surface area contributed by atoms with Crippen molar-refractivity contribution in [3.05, 3.63) is 0 Å². The van der Waals surface area contributed by atoms with Gasteiger partial charge in [-0.3, -0.25) is 4.79 Å². The van der Waals surface area contributed by atoms with Crippen LogP contribution in [0.4, 0.5) is 4.79 Å². The molecule has 23 heavy (non-hydrogen) atoms. The van der Waals surface area contributed by atoms with E-state index in [0.717, 1.165) is 32.6 Å². The number of amides is 1. The molecule has 0 bridgehead atoms. The molecule has 0 radical (unpaired) electrons. The van der Waals surface area contributed by atoms with Crippen molar-refractivity contribution in [2.24, 2.45) is 5.92 Å². The molecule has 7 nitrogen and oxygen atoms in total. The Morgan fingerprint density at radius 3 is 2.61 bits per heavy atom. The fourth-order valence-electron chi connectivity index (χ4n) is 3.07. The molecule has 1 amide bonds. The summed E-state index contributed by atoms with van der Waals surface area (Å²) in [6.45, 7) is 8.54. The van der Waals surface area contributed by atoms with Gasteiger partial charge in [0, 0.05) is 26.3 Å². The first-order valence-electron chi connectivity index (χ1n) is 8.22. The maximum absolute atomic E-state index is 12.0. The molecule has 0 spiro atoms. The number of nitrogens with one attached hydrogen (secondary N) is 1. The SMILES string of the molecule is CC(C)(C)OC(=O)N1CC(CC(=O)O)(NCCC2CCOC2)C1. The lowest BCUT2D eigenvalue weighted by atomic mass is 9.86. The predicted octanol–water partition coefficient (Wildman–Crippen LogP) is 1.47. The Morgan fingerprint density at radius 2 is 2.09 bits per heavy atom. The number of hydrogen-bond acceptors (Lipinski definition) is 5. The summed E-state index contributed by atoms with van der Waals surface area (Å²) in [6.07, 6.45) is 1.66. The normalized spacial score (nSPS) is 23.4. The van der Waals surface area contributed by atoms with Crippen LogP contribution in [0.5, 0.6) is 0 Å². The van der Waals surface area contributed by atoms with Crippen molar-refractivity contribution < 1.29 is 24.2 Å². The minimum absolute atomic E-state index is 0.00741. The average molecular weight is 328 g/mol. The molecule has 2 N–H and O–H groups in total. The first-order valence-corrected chi connectivity index (χ1v) is 8.22. The first-order chi connectivity index (χ1) is 10.7. The van der Waals surface area contributed by atoms with Gasteiger partial charge in [-0.1, -0.05) is 0 Å². The van der Waals surface area contributed by atoms with Gasteiger partial charge in [0.2, 0.25) is 0 Å². The first kappa shape index (κ1) is 18.0. The molecule has 2 heterocycles. The molecule has 2 saturated heterocycles. The summed E-state index contributed by atoms with van der Waals surface area (Å²) in [4.78, 5) is 24.7. The number of nitrogens with zero attached hydrogens (tertiary/aromatic N) is 1. The zero-order chi connectivity index (χ0) is 17.1. The number of carbonyl (C=O) groups excluding carboxylic acids is 1. The lowest BCUT2D eigenvalue weighted by molar-refractivity contribution is -0.141. The van der Waals surface area contributed by atoms with E-state index >= 15 is 0 Å². The smallest absolute Gasteiger partial charge is 0.410 e. The molecule has 132 valence electrons. The molecule has 0 aliphatic carbocycles. The quantitative estimate of drug-likeness (QED) is 0.767. The van der Waals surface area contributed by atoms with Crippen LogP contribution in [0.3, 0.4) is 0 Å². The van der Waals surface area contributed by atoms with Crippen LogP contribution >= 0.6 is 0 Å². The highest BCUT2D eigenvalue weighted by Crippen LogP contribution is 2.27. The zero-order valence-corrected chi connectivity index (χ0v) is 14.3. The van der Waals surface area contributed by atoms with Crippen LogP contribution in [-0.2, 0) is 14.3 Å². The second kappa shape index (κ2) is 7.05. The van der Waals surface area contributed by atoms with E-state index in [1.54, 1.807) is 4.90 Å². The van der Waals surface area contributed by atoms with Crippen molar-refractivity contribution in [2.75, 3.05) is 32.8 Å². The minimum Gasteiger partial charge on any atom is -0.481 e. The van der Waals surface area contributed by atoms with Gasteiger partial charge in [0.1, 0.15) is 5.60 Å². The molecular formula is C16H28N2O5. The van der Waals surface area contributed by atoms with Gasteiger partial charge in [0.25, 0.3) is 0 Å². The highest BCUT2D eigenvalue weighted by atomic mass is 16.6. The van der Waals surface area contributed by atoms with Crippen LogP contribution in [0.2, 0.25) is 0 Å². The number of rotatable bonds is 6. The van der Waals surface area contributed by atoms with Gasteiger partial charge in [-0.15, -0.1) is 0 Å². The van der Waals surface area contributed by atoms with Gasteiger partial charge in [-0.25, -0.2) is 4.79 Å². The Morgan fingerprint density at radius 1 is 1.39 bits per heavy atom. The van der Waals surface area contributed by atoms with Crippen LogP contribution in [0.15, 0.2) is 0 Å². The van der Waals surface area contributed by atoms with Gasteiger partial charge in [-0.05, 0) is 46.1 Å². The highest BCUT2D eigenvalue weighted by molar-refractivity contribution is 5.73. The lowest BCUT2D eigenvalue weighted by Crippen LogP contribution is -2.71. The molecule has 2 aliphatic rings. The summed E-state index contributed by atoms with van der Waals surface area (Å²) < 4.78 is 10.7. The van der Waals surface area contributed by atoms with Crippen molar-refractivity contribution in [1.29, 1.82) is 0 Å². The van der Waals surface area contributed by atoms with Gasteiger partial charge in [0.15, 0.2) is 0 Å². The van der Waals surface area contributed by atoms with Crippen LogP contribution in [0.25, 0.3) is 0 Å². The molecule has 0 saturated carbocycles. The van der Waals surface area contributed by atoms with Crippen molar-refractivity contribution >= 4 is 12.1 Å². The van der Waals surface area contributed by atoms with E-state index in [9.17, 15) is 9.59 Å². The molecule has 2 rings (SSSR count). The van der Waals surface area contributed by atoms with E-state index in [0.29, 0.717) is 19.0 Å². The Labute approximate surface area is 137 Å². The van der Waals surface area contributed by atoms with E-state index in [2.05, 4.69) is 5.32 Å². The van der Waals surface area contributed by atoms with E-state index in [1.807, 2.05) is 20.8 Å². The van der Waals surface area contributed by atoms with Crippen molar-refractivity contribution in [1.82, 2.24) is 10.2 Å². The van der Waals surface area contributed by atoms with Crippen molar-refractivity contribution in [3.63, 3.8) is 0 Å². The average Bonchev–Trinajstić information content (AvgIpc) is 2.85. The Hall–Kier alpha value is -1.34. The van der Waals surface area contributed by atoms with Crippen molar-refractivity contribution in [2.45, 2.75) is 51.2 Å². The molecule has 0 aromatic carbocycles. The summed E-state index contributed by atoms with van der Waals surface area (Å²) in [5.74, 6) is -0.308. The van der Waals surface area contributed by atoms with Gasteiger partial charge in [0.05, 0.1) is 12.0 Å². The number of hydrogen-bond donors (Lipinski definition) is 2. The molecule has 1 atom stereocenters. The van der Waals surface area contributed by atoms with E-state index < -0.39 is 17.1 Å². The maximum Gasteiger partial charge on any atom is 0.410 e. The molecule has 7 heteroatoms. The van der Waals surface area contributed by atoms with Crippen molar-refractivity contribution in [3.8, 4) is 0 Å². The van der Waals surface area contributed by atoms with Crippen LogP contribution in [-0.4, -0.2) is 66.1 Å². The van der Waals surface area contributed by atoms with E-state index in [4.69, 9.17) is 14.6 Å². The number of aliphatic carboxylic acids is 1. The summed E-state index contributed by atoms with van der Waals surface area (Å²) >= 11 is 0. The second-order valence-corrected chi connectivity index (χ2v) is 7.63. The molecular weight excluding hydrogens is 300 g/mol. The number of carboxylic acid groups (broad SMARTS) is 1. The van der Waals surface area contributed by atoms with E-state index in [1.165, 1.54) is 0 Å². The summed E-state index contributed by atoms with van der Waals surface area (Å²) in [6, 6.07) is 0. The maximum atomic E-state index is 12.0. The summed E-state index contributed by atoms with van der Waals surface area (Å²) in [5, 5.41) is 12.5. The molecule has 1 unspecified atom stereocenters. The minimum atomic E-state index is -0.856. The summed E-state index contributed by atoms with van der Waals surface area (Å²) in [7, 11) is 0. The molecule has 2 aliphatic heterocycles. The monoisotopic (exact) mass is 328 g/mol. The number of ether oxygens (including phenoxy) is 2. The van der Waals surface area contributed by atoms with E-state index in [-0.39, 0.29) is 12.5 Å². The molecule has 2 fully saturated rings. The third-order valence-electron chi connectivity index (χ3n) is 4.20. The fraction of sp³-hybridized carbons (Fsp3) is 0.875. The second-order valence-electron chi connectivity index (χ2n) is 7.63. The Balaban J connectivity index is 1.81. The van der Waals surface area contributed by atoms with Crippen LogP contribution in [0, 0.1) is 5.92 Å². The summed E-state index contributed by atoms with van der Waals surface area (Å²) in [5.41, 5.74) is -1.08. The standard InChI is InChI=1S/C16H28N2O5/c1-15(2,3)23-14(21)18-10-16(11-18,8-13(19)20)17-6-4-12-5-7-22-9-12/h12,17H,4-11H2,1-3H3,(H,19,20). The lowest BCUT2D eigenvalue weighted by Gasteiger charge is -2.50. The zero-order valence-electron chi connectivity index (χ0n) is 14.3. The van der Waals surface area contributed by atoms with Gasteiger partial charge in [-0.2, -0.15) is 0 Å². The van der Waals surface area contributed by atoms with Crippen LogP contribution < -0.4 is 5.32 Å². The third-order valence-corrected chi connectivity index (χ3v) is 4.20. The van der Waals surface area contributed by atoms with Crippen LogP contribution in [0.1, 0.15) is 40.0 Å². The largest absolute Gasteiger partial charge is 0.481 e. The number of carboxylic acids is 1. The highest BCUT2D eigenvalue weighted by Gasteiger charge is 2.47. The number of likely N-dealkylation sites (tertiary alicyclic amines) is 1. The van der Waals surface area contributed by atoms with Gasteiger partial charge >= 0.3 is 12.1 Å². The Kier molecular flexibility index (Phi) is 5.52. The fourth-order valence-corrected chi connectivity index (χ4v) is 3.07. The topological polar surface area (TPSA) is 88.1 Å². The predicted molar refractivity (Wildman–Crippen MR) is 84.3 cm³/mol. The Bertz CT molecular complexity index is 434.